The highest BCUT2D eigenvalue weighted by Gasteiger charge is 2.18. The van der Waals surface area contributed by atoms with Gasteiger partial charge in [-0.2, -0.15) is 0 Å². The third-order valence-electron chi connectivity index (χ3n) is 8.63. The molecule has 0 spiro atoms. The summed E-state index contributed by atoms with van der Waals surface area (Å²) < 4.78 is 2.38. The molecule has 210 valence electrons. The van der Waals surface area contributed by atoms with E-state index in [1.54, 1.807) is 0 Å². The molecule has 0 fully saturated rings. The summed E-state index contributed by atoms with van der Waals surface area (Å²) in [5, 5.41) is 7.57. The molecular weight excluding hydrogens is 548 g/mol. The first-order chi connectivity index (χ1) is 22.3. The van der Waals surface area contributed by atoms with Crippen LogP contribution in [0.1, 0.15) is 0 Å². The van der Waals surface area contributed by atoms with Crippen LogP contribution >= 0.6 is 0 Å². The van der Waals surface area contributed by atoms with Crippen LogP contribution < -0.4 is 0 Å². The van der Waals surface area contributed by atoms with Crippen molar-refractivity contribution in [2.45, 2.75) is 0 Å². The first kappa shape index (κ1) is 25.4. The summed E-state index contributed by atoms with van der Waals surface area (Å²) in [6.07, 6.45) is 0. The Labute approximate surface area is 259 Å². The average molecular weight is 575 g/mol. The van der Waals surface area contributed by atoms with E-state index in [1.807, 2.05) is 60.7 Å². The van der Waals surface area contributed by atoms with Gasteiger partial charge in [-0.25, -0.2) is 15.0 Å². The molecule has 9 rings (SSSR count). The zero-order valence-corrected chi connectivity index (χ0v) is 24.3. The Bertz CT molecular complexity index is 2360. The molecular formula is C41H26N4. The number of aromatic nitrogens is 4. The monoisotopic (exact) mass is 574 g/mol. The van der Waals surface area contributed by atoms with Crippen molar-refractivity contribution in [1.82, 2.24) is 19.5 Å². The topological polar surface area (TPSA) is 43.6 Å². The number of rotatable bonds is 4. The SMILES string of the molecule is c1ccc(-c2nc(-c3ccccc3)nc(-c3ccc(-n4c5ccc6ccccc6c5c5c6ccccc6ccc54)cc3)n2)cc1. The molecule has 0 radical (unpaired) electrons. The van der Waals surface area contributed by atoms with Crippen molar-refractivity contribution in [1.29, 1.82) is 0 Å². The minimum Gasteiger partial charge on any atom is -0.309 e. The molecule has 45 heavy (non-hydrogen) atoms. The van der Waals surface area contributed by atoms with Crippen LogP contribution in [0.5, 0.6) is 0 Å². The van der Waals surface area contributed by atoms with E-state index in [0.717, 1.165) is 22.4 Å². The fraction of sp³-hybridized carbons (Fsp3) is 0. The Hall–Kier alpha value is -6.13. The highest BCUT2D eigenvalue weighted by Crippen LogP contribution is 2.40. The van der Waals surface area contributed by atoms with Crippen molar-refractivity contribution in [3.63, 3.8) is 0 Å². The van der Waals surface area contributed by atoms with E-state index in [9.17, 15) is 0 Å². The molecule has 4 nitrogen and oxygen atoms in total. The van der Waals surface area contributed by atoms with Gasteiger partial charge in [0.1, 0.15) is 0 Å². The van der Waals surface area contributed by atoms with E-state index in [2.05, 4.69) is 102 Å². The van der Waals surface area contributed by atoms with Gasteiger partial charge in [0, 0.05) is 33.2 Å². The van der Waals surface area contributed by atoms with Crippen LogP contribution in [0.3, 0.4) is 0 Å². The zero-order valence-electron chi connectivity index (χ0n) is 24.3. The second-order valence-electron chi connectivity index (χ2n) is 11.3. The van der Waals surface area contributed by atoms with E-state index >= 15 is 0 Å². The van der Waals surface area contributed by atoms with Gasteiger partial charge < -0.3 is 4.57 Å². The van der Waals surface area contributed by atoms with Gasteiger partial charge in [0.25, 0.3) is 0 Å². The molecule has 9 aromatic rings. The van der Waals surface area contributed by atoms with Crippen molar-refractivity contribution in [3.05, 3.63) is 158 Å². The lowest BCUT2D eigenvalue weighted by Gasteiger charge is -2.11. The van der Waals surface area contributed by atoms with Crippen molar-refractivity contribution >= 4 is 43.4 Å². The summed E-state index contributed by atoms with van der Waals surface area (Å²) in [5.74, 6) is 1.96. The van der Waals surface area contributed by atoms with Gasteiger partial charge in [-0.1, -0.05) is 121 Å². The molecule has 2 aromatic heterocycles. The maximum atomic E-state index is 4.93. The molecule has 4 heteroatoms. The molecule has 0 bridgehead atoms. The lowest BCUT2D eigenvalue weighted by atomic mass is 10.00. The molecule has 0 saturated heterocycles. The minimum atomic E-state index is 0.647. The highest BCUT2D eigenvalue weighted by atomic mass is 15.0. The molecule has 0 amide bonds. The molecule has 7 aromatic carbocycles. The summed E-state index contributed by atoms with van der Waals surface area (Å²) in [5.41, 5.74) is 6.31. The van der Waals surface area contributed by atoms with Crippen LogP contribution in [0, 0.1) is 0 Å². The molecule has 0 saturated carbocycles. The number of hydrogen-bond acceptors (Lipinski definition) is 3. The molecule has 0 aliphatic heterocycles. The Morgan fingerprint density at radius 1 is 0.333 bits per heavy atom. The summed E-state index contributed by atoms with van der Waals surface area (Å²) in [6, 6.07) is 55.1. The van der Waals surface area contributed by atoms with Crippen LogP contribution in [0.2, 0.25) is 0 Å². The van der Waals surface area contributed by atoms with Gasteiger partial charge >= 0.3 is 0 Å². The van der Waals surface area contributed by atoms with Gasteiger partial charge in [0.15, 0.2) is 17.5 Å². The summed E-state index contributed by atoms with van der Waals surface area (Å²) in [4.78, 5) is 14.7. The fourth-order valence-electron chi connectivity index (χ4n) is 6.52. The largest absolute Gasteiger partial charge is 0.309 e. The molecule has 0 unspecified atom stereocenters. The van der Waals surface area contributed by atoms with Gasteiger partial charge in [0.05, 0.1) is 11.0 Å². The quantitative estimate of drug-likeness (QED) is 0.210. The van der Waals surface area contributed by atoms with Crippen molar-refractivity contribution in [3.8, 4) is 39.9 Å². The van der Waals surface area contributed by atoms with E-state index in [1.165, 1.54) is 43.4 Å². The van der Waals surface area contributed by atoms with E-state index < -0.39 is 0 Å². The first-order valence-electron chi connectivity index (χ1n) is 15.1. The van der Waals surface area contributed by atoms with Gasteiger partial charge in [0.2, 0.25) is 0 Å². The predicted octanol–water partition coefficient (Wildman–Crippen LogP) is 10.3. The molecule has 0 aliphatic rings. The molecule has 0 atom stereocenters. The Morgan fingerprint density at radius 2 is 0.733 bits per heavy atom. The summed E-state index contributed by atoms with van der Waals surface area (Å²) in [6.45, 7) is 0. The number of fused-ring (bicyclic) bond motifs is 7. The zero-order chi connectivity index (χ0) is 29.7. The van der Waals surface area contributed by atoms with Gasteiger partial charge in [-0.15, -0.1) is 0 Å². The van der Waals surface area contributed by atoms with E-state index in [4.69, 9.17) is 15.0 Å². The number of hydrogen-bond donors (Lipinski definition) is 0. The van der Waals surface area contributed by atoms with Crippen LogP contribution in [-0.4, -0.2) is 19.5 Å². The van der Waals surface area contributed by atoms with E-state index in [0.29, 0.717) is 17.5 Å². The Morgan fingerprint density at radius 3 is 1.20 bits per heavy atom. The lowest BCUT2D eigenvalue weighted by molar-refractivity contribution is 1.07. The number of nitrogens with zero attached hydrogens (tertiary/aromatic N) is 4. The second-order valence-corrected chi connectivity index (χ2v) is 11.3. The van der Waals surface area contributed by atoms with Crippen LogP contribution in [0.4, 0.5) is 0 Å². The number of benzene rings is 7. The maximum absolute atomic E-state index is 4.93. The standard InChI is InChI=1S/C41H26N4/c1-3-13-29(14-4-1)39-42-40(30-15-5-2-6-16-30)44-41(43-39)31-19-23-32(24-20-31)45-35-25-21-27-11-7-9-17-33(27)37(35)38-34-18-10-8-12-28(34)22-26-36(38)45/h1-26H. The van der Waals surface area contributed by atoms with Crippen LogP contribution in [0.25, 0.3) is 83.2 Å². The summed E-state index contributed by atoms with van der Waals surface area (Å²) in [7, 11) is 0. The smallest absolute Gasteiger partial charge is 0.164 e. The van der Waals surface area contributed by atoms with Gasteiger partial charge in [-0.3, -0.25) is 0 Å². The van der Waals surface area contributed by atoms with Crippen molar-refractivity contribution in [2.24, 2.45) is 0 Å². The average Bonchev–Trinajstić information content (AvgIpc) is 3.48. The third kappa shape index (κ3) is 4.19. The minimum absolute atomic E-state index is 0.647. The molecule has 2 heterocycles. The van der Waals surface area contributed by atoms with Crippen LogP contribution in [-0.2, 0) is 0 Å². The third-order valence-corrected chi connectivity index (χ3v) is 8.63. The first-order valence-corrected chi connectivity index (χ1v) is 15.1. The van der Waals surface area contributed by atoms with E-state index in [-0.39, 0.29) is 0 Å². The highest BCUT2D eigenvalue weighted by molar-refractivity contribution is 6.28. The lowest BCUT2D eigenvalue weighted by Crippen LogP contribution is -2.00. The fourth-order valence-corrected chi connectivity index (χ4v) is 6.52. The normalized spacial score (nSPS) is 11.6. The Kier molecular flexibility index (Phi) is 5.78. The Balaban J connectivity index is 1.24. The summed E-state index contributed by atoms with van der Waals surface area (Å²) >= 11 is 0. The maximum Gasteiger partial charge on any atom is 0.164 e. The van der Waals surface area contributed by atoms with Crippen molar-refractivity contribution < 1.29 is 0 Å². The predicted molar refractivity (Wildman–Crippen MR) is 185 cm³/mol. The van der Waals surface area contributed by atoms with Crippen LogP contribution in [0.15, 0.2) is 158 Å². The van der Waals surface area contributed by atoms with Crippen molar-refractivity contribution in [2.75, 3.05) is 0 Å². The second kappa shape index (κ2) is 10.2. The molecule has 0 aliphatic carbocycles. The van der Waals surface area contributed by atoms with Gasteiger partial charge in [-0.05, 0) is 57.9 Å². The molecule has 0 N–H and O–H groups in total.